The number of imide groups is 2. The highest BCUT2D eigenvalue weighted by Crippen LogP contribution is 2.28. The number of rotatable bonds is 10. The van der Waals surface area contributed by atoms with Crippen LogP contribution in [0.2, 0.25) is 0 Å². The topological polar surface area (TPSA) is 115 Å². The van der Waals surface area contributed by atoms with Gasteiger partial charge in [-0.25, -0.2) is 0 Å². The Morgan fingerprint density at radius 3 is 1.47 bits per heavy atom. The van der Waals surface area contributed by atoms with E-state index in [0.29, 0.717) is 5.08 Å². The molecule has 0 saturated carbocycles. The molecule has 8 nitrogen and oxygen atoms in total. The molecule has 0 aliphatic carbocycles. The van der Waals surface area contributed by atoms with Crippen LogP contribution in [0.3, 0.4) is 0 Å². The Kier molecular flexibility index (Phi) is 34.8. The Balaban J connectivity index is -0.000000277. The maximum absolute atomic E-state index is 11.7. The van der Waals surface area contributed by atoms with E-state index < -0.39 is 25.3 Å². The van der Waals surface area contributed by atoms with Crippen molar-refractivity contribution in [3.8, 4) is 0 Å². The third-order valence-electron chi connectivity index (χ3n) is 5.05. The number of thioether (sulfide) groups is 3. The van der Waals surface area contributed by atoms with Gasteiger partial charge in [0.05, 0.1) is 5.25 Å². The Bertz CT molecular complexity index is 1080. The summed E-state index contributed by atoms with van der Waals surface area (Å²) in [7, 11) is 0. The lowest BCUT2D eigenvalue weighted by molar-refractivity contribution is -0.143. The average molecular weight is 739 g/mol. The van der Waals surface area contributed by atoms with Crippen molar-refractivity contribution in [2.24, 2.45) is 0 Å². The quantitative estimate of drug-likeness (QED) is 0.0786. The van der Waals surface area contributed by atoms with Gasteiger partial charge in [-0.05, 0) is 11.1 Å². The molecule has 1 atom stereocenters. The van der Waals surface area contributed by atoms with Gasteiger partial charge in [-0.2, -0.15) is 37.9 Å². The Morgan fingerprint density at radius 2 is 1.11 bits per heavy atom. The van der Waals surface area contributed by atoms with Gasteiger partial charge in [0.2, 0.25) is 11.8 Å². The first kappa shape index (κ1) is 50.3. The van der Waals surface area contributed by atoms with Gasteiger partial charge in [0, 0.05) is 45.3 Å². The van der Waals surface area contributed by atoms with E-state index in [4.69, 9.17) is 10.2 Å². The zero-order chi connectivity index (χ0) is 30.5. The summed E-state index contributed by atoms with van der Waals surface area (Å²) in [5.41, 5.74) is 2.63. The monoisotopic (exact) mass is 738 g/mol. The third kappa shape index (κ3) is 20.4. The molecule has 2 aliphatic heterocycles. The van der Waals surface area contributed by atoms with Crippen molar-refractivity contribution in [3.63, 3.8) is 0 Å². The second-order valence-electron chi connectivity index (χ2n) is 7.80. The molecule has 45 heavy (non-hydrogen) atoms. The molecule has 0 spiro atoms. The Morgan fingerprint density at radius 1 is 0.689 bits per heavy atom. The number of likely N-dealkylation sites (tertiary alicyclic amines) is 1. The number of carbonyl (C=O) groups excluding carboxylic acids is 4. The van der Waals surface area contributed by atoms with Gasteiger partial charge in [0.25, 0.3) is 11.8 Å². The highest BCUT2D eigenvalue weighted by molar-refractivity contribution is 8.16. The molecule has 256 valence electrons. The number of benzene rings is 2. The molecule has 1 fully saturated rings. The van der Waals surface area contributed by atoms with Crippen molar-refractivity contribution in [1.82, 2.24) is 9.80 Å². The van der Waals surface area contributed by atoms with Crippen LogP contribution >= 0.6 is 73.2 Å². The van der Waals surface area contributed by atoms with Crippen LogP contribution in [0.5, 0.6) is 0 Å². The van der Waals surface area contributed by atoms with E-state index in [0.717, 1.165) is 43.6 Å². The minimum atomic E-state index is -0.537. The normalized spacial score (nSPS) is 14.2. The number of amides is 4. The van der Waals surface area contributed by atoms with E-state index in [9.17, 15) is 19.2 Å². The molecule has 2 aromatic rings. The molecule has 0 radical (unpaired) electrons. The molecule has 0 bridgehead atoms. The number of aliphatic hydroxyl groups excluding tert-OH is 2. The lowest BCUT2D eigenvalue weighted by Crippen LogP contribution is -2.32. The first-order chi connectivity index (χ1) is 19.8. The standard InChI is InChI=1S/C13H15NO3S2.C8H10S2.C5H5NO3.CH4S2.4CH4/c15-8-14-12(16)6-11(13(14)17)19-9-18-7-10-4-2-1-3-5-10;9-7-10-6-8-4-2-1-3-5-8;7-3-6-4(8)1-2-5(6)9;2-1-3;;;;/h1-5,11,15H,6-9H2;1-5,9H,6-7H2;1-2,7H,3H2;2-3H,1H2;4*1H4. The van der Waals surface area contributed by atoms with E-state index in [2.05, 4.69) is 74.3 Å². The number of thiol groups is 3. The van der Waals surface area contributed by atoms with Gasteiger partial charge in [-0.15, -0.1) is 35.3 Å². The van der Waals surface area contributed by atoms with Crippen molar-refractivity contribution in [1.29, 1.82) is 0 Å². The zero-order valence-corrected chi connectivity index (χ0v) is 27.3. The van der Waals surface area contributed by atoms with E-state index >= 15 is 0 Å². The SMILES string of the molecule is C.C.C.C.O=C1C=CC(=O)N1CO.O=C1CC(SCSCc2ccccc2)C(=O)N1CO.SCS.SCSCc1ccccc1. The molecular formula is C31H50N2O6S6. The molecule has 1 saturated heterocycles. The summed E-state index contributed by atoms with van der Waals surface area (Å²) in [4.78, 5) is 45.7. The summed E-state index contributed by atoms with van der Waals surface area (Å²) in [6, 6.07) is 20.5. The Labute approximate surface area is 299 Å². The van der Waals surface area contributed by atoms with Gasteiger partial charge in [-0.3, -0.25) is 29.0 Å². The van der Waals surface area contributed by atoms with E-state index in [1.165, 1.54) is 22.9 Å². The van der Waals surface area contributed by atoms with E-state index in [1.54, 1.807) is 11.8 Å². The number of aliphatic hydroxyl groups is 2. The van der Waals surface area contributed by atoms with Crippen molar-refractivity contribution in [2.45, 2.75) is 52.9 Å². The number of carbonyl (C=O) groups is 4. The highest BCUT2D eigenvalue weighted by atomic mass is 32.2. The van der Waals surface area contributed by atoms with Crippen LogP contribution in [0, 0.1) is 0 Å². The molecule has 4 rings (SSSR count). The summed E-state index contributed by atoms with van der Waals surface area (Å²) in [6.07, 6.45) is 2.45. The maximum Gasteiger partial charge on any atom is 0.255 e. The number of nitrogens with zero attached hydrogens (tertiary/aromatic N) is 2. The van der Waals surface area contributed by atoms with Crippen LogP contribution in [-0.4, -0.2) is 77.6 Å². The molecule has 4 amide bonds. The van der Waals surface area contributed by atoms with Crippen molar-refractivity contribution in [3.05, 3.63) is 83.9 Å². The molecular weight excluding hydrogens is 689 g/mol. The molecule has 2 N–H and O–H groups in total. The van der Waals surface area contributed by atoms with Crippen molar-refractivity contribution < 1.29 is 29.4 Å². The lowest BCUT2D eigenvalue weighted by Gasteiger charge is -2.10. The minimum Gasteiger partial charge on any atom is -0.376 e. The summed E-state index contributed by atoms with van der Waals surface area (Å²) in [6.45, 7) is -1.05. The van der Waals surface area contributed by atoms with Crippen molar-refractivity contribution in [2.75, 3.05) is 28.7 Å². The molecule has 14 heteroatoms. The predicted molar refractivity (Wildman–Crippen MR) is 207 cm³/mol. The molecule has 2 aliphatic rings. The van der Waals surface area contributed by atoms with Crippen LogP contribution in [0.25, 0.3) is 0 Å². The lowest BCUT2D eigenvalue weighted by atomic mass is 10.2. The molecule has 2 aromatic carbocycles. The second kappa shape index (κ2) is 31.1. The van der Waals surface area contributed by atoms with Gasteiger partial charge >= 0.3 is 0 Å². The van der Waals surface area contributed by atoms with Crippen LogP contribution in [-0.2, 0) is 30.7 Å². The molecule has 2 heterocycles. The summed E-state index contributed by atoms with van der Waals surface area (Å²) in [5, 5.41) is 19.2. The van der Waals surface area contributed by atoms with E-state index in [-0.39, 0.29) is 53.2 Å². The van der Waals surface area contributed by atoms with Gasteiger partial charge < -0.3 is 10.2 Å². The van der Waals surface area contributed by atoms with Crippen LogP contribution in [0.4, 0.5) is 0 Å². The smallest absolute Gasteiger partial charge is 0.255 e. The van der Waals surface area contributed by atoms with Gasteiger partial charge in [0.1, 0.15) is 13.5 Å². The largest absolute Gasteiger partial charge is 0.376 e. The minimum absolute atomic E-state index is 0. The fourth-order valence-electron chi connectivity index (χ4n) is 3.10. The first-order valence-corrected chi connectivity index (χ1v) is 17.3. The fraction of sp³-hybridized carbons (Fsp3) is 0.419. The first-order valence-electron chi connectivity index (χ1n) is 12.1. The summed E-state index contributed by atoms with van der Waals surface area (Å²) >= 11 is 16.4. The zero-order valence-electron chi connectivity index (χ0n) is 22.2. The molecule has 1 unspecified atom stereocenters. The van der Waals surface area contributed by atoms with Crippen LogP contribution < -0.4 is 0 Å². The third-order valence-corrected chi connectivity index (χ3v) is 8.84. The fourth-order valence-corrected chi connectivity index (χ4v) is 6.23. The highest BCUT2D eigenvalue weighted by Gasteiger charge is 2.38. The average Bonchev–Trinajstić information content (AvgIpc) is 3.46. The summed E-state index contributed by atoms with van der Waals surface area (Å²) in [5.74, 6) is 0.511. The second-order valence-corrected chi connectivity index (χ2v) is 13.2. The van der Waals surface area contributed by atoms with Crippen LogP contribution in [0.15, 0.2) is 72.8 Å². The molecule has 0 aromatic heterocycles. The van der Waals surface area contributed by atoms with Crippen molar-refractivity contribution >= 4 is 96.8 Å². The summed E-state index contributed by atoms with van der Waals surface area (Å²) < 4.78 is 0. The predicted octanol–water partition coefficient (Wildman–Crippen LogP) is 6.70. The maximum atomic E-state index is 11.7. The number of hydrogen-bond acceptors (Lipinski definition) is 12. The van der Waals surface area contributed by atoms with E-state index in [1.807, 2.05) is 36.0 Å². The Hall–Kier alpha value is -1.52. The van der Waals surface area contributed by atoms with Gasteiger partial charge in [-0.1, -0.05) is 90.4 Å². The van der Waals surface area contributed by atoms with Gasteiger partial charge in [0.15, 0.2) is 0 Å². The van der Waals surface area contributed by atoms with Crippen LogP contribution in [0.1, 0.15) is 47.3 Å². The number of hydrogen-bond donors (Lipinski definition) is 5.